The van der Waals surface area contributed by atoms with E-state index in [0.29, 0.717) is 6.54 Å². The Labute approximate surface area is 68.7 Å². The average molecular weight is 175 g/mol. The number of hydrogen-bond acceptors (Lipinski definition) is 4. The van der Waals surface area contributed by atoms with Gasteiger partial charge in [0, 0.05) is 12.3 Å². The Hall–Kier alpha value is -0.710. The lowest BCUT2D eigenvalue weighted by molar-refractivity contribution is -0.143. The maximum absolute atomic E-state index is 11.0. The van der Waals surface area contributed by atoms with Crippen LogP contribution in [0.25, 0.3) is 0 Å². The van der Waals surface area contributed by atoms with Crippen molar-refractivity contribution < 1.29 is 14.3 Å². The minimum atomic E-state index is -0.659. The van der Waals surface area contributed by atoms with E-state index in [0.717, 1.165) is 5.75 Å². The molecule has 1 rings (SSSR count). The standard InChI is InChI=1S/C6H9NO3S/c1-10-6(9)4-5(8)7-2-3-11-4/h4H,2-3H2,1H3,(H,7,8). The molecule has 0 spiro atoms. The van der Waals surface area contributed by atoms with Gasteiger partial charge in [-0.3, -0.25) is 9.59 Å². The Bertz CT molecular complexity index is 175. The summed E-state index contributed by atoms with van der Waals surface area (Å²) in [6, 6.07) is 0. The van der Waals surface area contributed by atoms with Crippen molar-refractivity contribution in [1.29, 1.82) is 0 Å². The zero-order chi connectivity index (χ0) is 8.27. The lowest BCUT2D eigenvalue weighted by Crippen LogP contribution is -2.43. The van der Waals surface area contributed by atoms with E-state index in [1.807, 2.05) is 0 Å². The molecule has 1 amide bonds. The predicted octanol–water partition coefficient (Wildman–Crippen LogP) is -0.609. The van der Waals surface area contributed by atoms with E-state index >= 15 is 0 Å². The minimum Gasteiger partial charge on any atom is -0.468 e. The van der Waals surface area contributed by atoms with Crippen molar-refractivity contribution >= 4 is 23.6 Å². The largest absolute Gasteiger partial charge is 0.468 e. The summed E-state index contributed by atoms with van der Waals surface area (Å²) in [5, 5.41) is 1.93. The summed E-state index contributed by atoms with van der Waals surface area (Å²) in [6.45, 7) is 0.636. The fourth-order valence-electron chi connectivity index (χ4n) is 0.802. The van der Waals surface area contributed by atoms with Crippen molar-refractivity contribution in [2.45, 2.75) is 5.25 Å². The van der Waals surface area contributed by atoms with Gasteiger partial charge in [0.25, 0.3) is 0 Å². The van der Waals surface area contributed by atoms with Gasteiger partial charge in [-0.25, -0.2) is 0 Å². The zero-order valence-electron chi connectivity index (χ0n) is 6.12. The SMILES string of the molecule is COC(=O)C1SCCNC1=O. The number of amides is 1. The zero-order valence-corrected chi connectivity index (χ0v) is 6.94. The fourth-order valence-corrected chi connectivity index (χ4v) is 1.72. The molecule has 1 atom stereocenters. The molecule has 1 aliphatic rings. The summed E-state index contributed by atoms with van der Waals surface area (Å²) in [5.41, 5.74) is 0. The first kappa shape index (κ1) is 8.39. The van der Waals surface area contributed by atoms with E-state index in [1.54, 1.807) is 0 Å². The Kier molecular flexibility index (Phi) is 2.76. The maximum Gasteiger partial charge on any atom is 0.328 e. The second kappa shape index (κ2) is 3.61. The van der Waals surface area contributed by atoms with Gasteiger partial charge in [-0.1, -0.05) is 0 Å². The van der Waals surface area contributed by atoms with Gasteiger partial charge in [0.05, 0.1) is 7.11 Å². The summed E-state index contributed by atoms with van der Waals surface area (Å²) in [6.07, 6.45) is 0. The van der Waals surface area contributed by atoms with Crippen LogP contribution in [-0.2, 0) is 14.3 Å². The summed E-state index contributed by atoms with van der Waals surface area (Å²) in [7, 11) is 1.28. The third-order valence-corrected chi connectivity index (χ3v) is 2.52. The Morgan fingerprint density at radius 2 is 2.55 bits per heavy atom. The first-order valence-corrected chi connectivity index (χ1v) is 4.27. The van der Waals surface area contributed by atoms with Crippen molar-refractivity contribution in [3.63, 3.8) is 0 Å². The number of esters is 1. The van der Waals surface area contributed by atoms with Gasteiger partial charge >= 0.3 is 5.97 Å². The number of methoxy groups -OCH3 is 1. The number of thioether (sulfide) groups is 1. The molecule has 0 aromatic carbocycles. The Morgan fingerprint density at radius 3 is 3.09 bits per heavy atom. The van der Waals surface area contributed by atoms with Crippen molar-refractivity contribution in [3.05, 3.63) is 0 Å². The van der Waals surface area contributed by atoms with Crippen LogP contribution >= 0.6 is 11.8 Å². The second-order valence-electron chi connectivity index (χ2n) is 2.07. The van der Waals surface area contributed by atoms with Gasteiger partial charge in [-0.15, -0.1) is 11.8 Å². The molecule has 1 fully saturated rings. The van der Waals surface area contributed by atoms with Gasteiger partial charge in [0.1, 0.15) is 0 Å². The van der Waals surface area contributed by atoms with Gasteiger partial charge < -0.3 is 10.1 Å². The van der Waals surface area contributed by atoms with E-state index in [2.05, 4.69) is 10.1 Å². The molecule has 0 aliphatic carbocycles. The molecule has 11 heavy (non-hydrogen) atoms. The molecule has 5 heteroatoms. The van der Waals surface area contributed by atoms with Crippen LogP contribution in [0.1, 0.15) is 0 Å². The van der Waals surface area contributed by atoms with E-state index in [4.69, 9.17) is 0 Å². The van der Waals surface area contributed by atoms with Crippen LogP contribution in [-0.4, -0.2) is 36.5 Å². The summed E-state index contributed by atoms with van der Waals surface area (Å²) in [4.78, 5) is 21.8. The van der Waals surface area contributed by atoms with Crippen molar-refractivity contribution in [2.24, 2.45) is 0 Å². The molecule has 4 nitrogen and oxygen atoms in total. The van der Waals surface area contributed by atoms with Crippen LogP contribution in [0.3, 0.4) is 0 Å². The third kappa shape index (κ3) is 1.86. The fraction of sp³-hybridized carbons (Fsp3) is 0.667. The molecule has 1 heterocycles. The second-order valence-corrected chi connectivity index (χ2v) is 3.28. The van der Waals surface area contributed by atoms with E-state index in [1.165, 1.54) is 18.9 Å². The Balaban J connectivity index is 2.54. The molecule has 1 aliphatic heterocycles. The quantitative estimate of drug-likeness (QED) is 0.427. The summed E-state index contributed by atoms with van der Waals surface area (Å²) < 4.78 is 4.44. The lowest BCUT2D eigenvalue weighted by atomic mass is 10.4. The van der Waals surface area contributed by atoms with E-state index < -0.39 is 11.2 Å². The van der Waals surface area contributed by atoms with Crippen LogP contribution in [0.5, 0.6) is 0 Å². The van der Waals surface area contributed by atoms with E-state index in [-0.39, 0.29) is 5.91 Å². The highest BCUT2D eigenvalue weighted by atomic mass is 32.2. The molecule has 1 N–H and O–H groups in total. The van der Waals surface area contributed by atoms with Crippen LogP contribution in [0.15, 0.2) is 0 Å². The van der Waals surface area contributed by atoms with Crippen molar-refractivity contribution in [1.82, 2.24) is 5.32 Å². The highest BCUT2D eigenvalue weighted by Gasteiger charge is 2.30. The normalized spacial score (nSPS) is 24.1. The summed E-state index contributed by atoms with van der Waals surface area (Å²) >= 11 is 1.32. The molecule has 62 valence electrons. The number of carbonyl (C=O) groups is 2. The van der Waals surface area contributed by atoms with Crippen LogP contribution < -0.4 is 5.32 Å². The minimum absolute atomic E-state index is 0.242. The number of nitrogens with one attached hydrogen (secondary N) is 1. The predicted molar refractivity (Wildman–Crippen MR) is 41.3 cm³/mol. The highest BCUT2D eigenvalue weighted by molar-refractivity contribution is 8.01. The lowest BCUT2D eigenvalue weighted by Gasteiger charge is -2.18. The number of ether oxygens (including phenoxy) is 1. The molecular weight excluding hydrogens is 166 g/mol. The monoisotopic (exact) mass is 175 g/mol. The van der Waals surface area contributed by atoms with Crippen LogP contribution in [0.4, 0.5) is 0 Å². The first-order valence-electron chi connectivity index (χ1n) is 3.23. The molecule has 0 radical (unpaired) electrons. The molecule has 1 unspecified atom stereocenters. The number of rotatable bonds is 1. The van der Waals surface area contributed by atoms with Crippen LogP contribution in [0, 0.1) is 0 Å². The number of carbonyl (C=O) groups excluding carboxylic acids is 2. The Morgan fingerprint density at radius 1 is 1.82 bits per heavy atom. The molecule has 1 saturated heterocycles. The molecule has 0 saturated carbocycles. The molecular formula is C6H9NO3S. The smallest absolute Gasteiger partial charge is 0.328 e. The molecule has 0 aromatic rings. The molecule has 0 bridgehead atoms. The first-order chi connectivity index (χ1) is 5.25. The van der Waals surface area contributed by atoms with Gasteiger partial charge in [0.2, 0.25) is 5.91 Å². The number of hydrogen-bond donors (Lipinski definition) is 1. The van der Waals surface area contributed by atoms with Crippen molar-refractivity contribution in [3.8, 4) is 0 Å². The summed E-state index contributed by atoms with van der Waals surface area (Å²) in [5.74, 6) is 0.0613. The molecule has 0 aromatic heterocycles. The van der Waals surface area contributed by atoms with Gasteiger partial charge in [-0.05, 0) is 0 Å². The van der Waals surface area contributed by atoms with Crippen molar-refractivity contribution in [2.75, 3.05) is 19.4 Å². The third-order valence-electron chi connectivity index (χ3n) is 1.34. The topological polar surface area (TPSA) is 55.4 Å². The maximum atomic E-state index is 11.0. The highest BCUT2D eigenvalue weighted by Crippen LogP contribution is 2.15. The van der Waals surface area contributed by atoms with Gasteiger partial charge in [-0.2, -0.15) is 0 Å². The van der Waals surface area contributed by atoms with E-state index in [9.17, 15) is 9.59 Å². The van der Waals surface area contributed by atoms with Crippen LogP contribution in [0.2, 0.25) is 0 Å². The van der Waals surface area contributed by atoms with Gasteiger partial charge in [0.15, 0.2) is 5.25 Å². The average Bonchev–Trinajstić information content (AvgIpc) is 2.04.